The molecule has 0 bridgehead atoms. The lowest BCUT2D eigenvalue weighted by Gasteiger charge is -2.34. The van der Waals surface area contributed by atoms with Crippen molar-refractivity contribution in [3.8, 4) is 0 Å². The largest absolute Gasteiger partial charge is 0.352 e. The highest BCUT2D eigenvalue weighted by Gasteiger charge is 2.32. The van der Waals surface area contributed by atoms with Crippen LogP contribution in [0.25, 0.3) is 0 Å². The van der Waals surface area contributed by atoms with Crippen LogP contribution in [0.1, 0.15) is 43.0 Å². The maximum atomic E-state index is 12.5. The SMILES string of the molecule is C[C@H](C(=O)NC1CC1)N1CCC(C(=O)c2ccc(Cl)cc2)CC1. The fourth-order valence-electron chi connectivity index (χ4n) is 3.11. The molecule has 2 fully saturated rings. The van der Waals surface area contributed by atoms with E-state index in [-0.39, 0.29) is 23.7 Å². The first-order chi connectivity index (χ1) is 11.0. The lowest BCUT2D eigenvalue weighted by Crippen LogP contribution is -2.49. The molecule has 23 heavy (non-hydrogen) atoms. The van der Waals surface area contributed by atoms with E-state index in [1.54, 1.807) is 24.3 Å². The highest BCUT2D eigenvalue weighted by Crippen LogP contribution is 2.24. The van der Waals surface area contributed by atoms with Crippen LogP contribution in [0, 0.1) is 5.92 Å². The first-order valence-electron chi connectivity index (χ1n) is 8.39. The molecule has 1 amide bonds. The van der Waals surface area contributed by atoms with E-state index in [1.165, 1.54) is 0 Å². The van der Waals surface area contributed by atoms with Crippen molar-refractivity contribution in [3.05, 3.63) is 34.9 Å². The van der Waals surface area contributed by atoms with Crippen LogP contribution in [0.2, 0.25) is 5.02 Å². The van der Waals surface area contributed by atoms with Gasteiger partial charge < -0.3 is 5.32 Å². The summed E-state index contributed by atoms with van der Waals surface area (Å²) in [6.45, 7) is 3.55. The van der Waals surface area contributed by atoms with Crippen LogP contribution in [0.15, 0.2) is 24.3 Å². The number of rotatable bonds is 5. The number of amides is 1. The molecule has 0 aromatic heterocycles. The van der Waals surface area contributed by atoms with Gasteiger partial charge in [0.15, 0.2) is 5.78 Å². The normalized spacial score (nSPS) is 21.0. The number of benzene rings is 1. The van der Waals surface area contributed by atoms with E-state index in [1.807, 2.05) is 6.92 Å². The molecule has 1 aliphatic carbocycles. The number of nitrogens with one attached hydrogen (secondary N) is 1. The monoisotopic (exact) mass is 334 g/mol. The highest BCUT2D eigenvalue weighted by molar-refractivity contribution is 6.30. The summed E-state index contributed by atoms with van der Waals surface area (Å²) in [5.41, 5.74) is 0.729. The Morgan fingerprint density at radius 2 is 1.74 bits per heavy atom. The third-order valence-corrected chi connectivity index (χ3v) is 5.13. The van der Waals surface area contributed by atoms with Crippen molar-refractivity contribution in [3.63, 3.8) is 0 Å². The Hall–Kier alpha value is -1.39. The van der Waals surface area contributed by atoms with Gasteiger partial charge in [-0.05, 0) is 70.0 Å². The number of carbonyl (C=O) groups excluding carboxylic acids is 2. The standard InChI is InChI=1S/C18H23ClN2O2/c1-12(18(23)20-16-6-7-16)21-10-8-14(9-11-21)17(22)13-2-4-15(19)5-3-13/h2-5,12,14,16H,6-11H2,1H3,(H,20,23)/t12-/m1/s1. The van der Waals surface area contributed by atoms with Gasteiger partial charge >= 0.3 is 0 Å². The van der Waals surface area contributed by atoms with Gasteiger partial charge in [0.05, 0.1) is 6.04 Å². The fourth-order valence-corrected chi connectivity index (χ4v) is 3.24. The molecule has 1 aromatic carbocycles. The van der Waals surface area contributed by atoms with E-state index in [0.717, 1.165) is 44.3 Å². The van der Waals surface area contributed by atoms with E-state index in [9.17, 15) is 9.59 Å². The second-order valence-electron chi connectivity index (χ2n) is 6.64. The summed E-state index contributed by atoms with van der Waals surface area (Å²) < 4.78 is 0. The Bertz CT molecular complexity index is 575. The summed E-state index contributed by atoms with van der Waals surface area (Å²) in [6.07, 6.45) is 3.83. The van der Waals surface area contributed by atoms with E-state index < -0.39 is 0 Å². The van der Waals surface area contributed by atoms with Crippen LogP contribution in [-0.2, 0) is 4.79 Å². The number of hydrogen-bond acceptors (Lipinski definition) is 3. The summed E-state index contributed by atoms with van der Waals surface area (Å²) in [6, 6.07) is 7.39. The van der Waals surface area contributed by atoms with Crippen LogP contribution in [0.4, 0.5) is 0 Å². The summed E-state index contributed by atoms with van der Waals surface area (Å²) in [7, 11) is 0. The van der Waals surface area contributed by atoms with Crippen molar-refractivity contribution in [1.82, 2.24) is 10.2 Å². The van der Waals surface area contributed by atoms with Crippen LogP contribution in [0.3, 0.4) is 0 Å². The van der Waals surface area contributed by atoms with Crippen LogP contribution < -0.4 is 5.32 Å². The molecular formula is C18H23ClN2O2. The number of likely N-dealkylation sites (tertiary alicyclic amines) is 1. The number of piperidine rings is 1. The third-order valence-electron chi connectivity index (χ3n) is 4.88. The minimum Gasteiger partial charge on any atom is -0.352 e. The Morgan fingerprint density at radius 1 is 1.13 bits per heavy atom. The quantitative estimate of drug-likeness (QED) is 0.842. The molecule has 1 heterocycles. The van der Waals surface area contributed by atoms with Crippen LogP contribution >= 0.6 is 11.6 Å². The van der Waals surface area contributed by atoms with Crippen molar-refractivity contribution < 1.29 is 9.59 Å². The number of Topliss-reactive ketones (excluding diaryl/α,β-unsaturated/α-hetero) is 1. The summed E-state index contributed by atoms with van der Waals surface area (Å²) in [5.74, 6) is 0.359. The molecule has 0 spiro atoms. The van der Waals surface area contributed by atoms with Gasteiger partial charge in [-0.1, -0.05) is 11.6 Å². The number of carbonyl (C=O) groups is 2. The van der Waals surface area contributed by atoms with Crippen molar-refractivity contribution in [2.75, 3.05) is 13.1 Å². The topological polar surface area (TPSA) is 49.4 Å². The molecule has 1 aliphatic heterocycles. The molecule has 124 valence electrons. The number of hydrogen-bond donors (Lipinski definition) is 1. The maximum absolute atomic E-state index is 12.5. The Morgan fingerprint density at radius 3 is 2.30 bits per heavy atom. The van der Waals surface area contributed by atoms with Gasteiger partial charge in [0.2, 0.25) is 5.91 Å². The van der Waals surface area contributed by atoms with E-state index >= 15 is 0 Å². The highest BCUT2D eigenvalue weighted by atomic mass is 35.5. The second-order valence-corrected chi connectivity index (χ2v) is 7.08. The van der Waals surface area contributed by atoms with Crippen molar-refractivity contribution >= 4 is 23.3 Å². The molecule has 4 nitrogen and oxygen atoms in total. The predicted molar refractivity (Wildman–Crippen MR) is 90.7 cm³/mol. The zero-order valence-electron chi connectivity index (χ0n) is 13.4. The fraction of sp³-hybridized carbons (Fsp3) is 0.556. The molecule has 1 atom stereocenters. The Kier molecular flexibility index (Phi) is 5.02. The summed E-state index contributed by atoms with van der Waals surface area (Å²) in [4.78, 5) is 26.8. The molecular weight excluding hydrogens is 312 g/mol. The first-order valence-corrected chi connectivity index (χ1v) is 8.76. The molecule has 0 unspecified atom stereocenters. The number of nitrogens with zero attached hydrogens (tertiary/aromatic N) is 1. The Balaban J connectivity index is 1.52. The molecule has 1 N–H and O–H groups in total. The number of halogens is 1. The van der Waals surface area contributed by atoms with Gasteiger partial charge in [-0.25, -0.2) is 0 Å². The van der Waals surface area contributed by atoms with Crippen LogP contribution in [0.5, 0.6) is 0 Å². The molecule has 3 rings (SSSR count). The van der Waals surface area contributed by atoms with E-state index in [0.29, 0.717) is 11.1 Å². The van der Waals surface area contributed by atoms with Crippen LogP contribution in [-0.4, -0.2) is 41.8 Å². The van der Waals surface area contributed by atoms with Gasteiger partial charge in [0, 0.05) is 22.5 Å². The Labute approximate surface area is 142 Å². The van der Waals surface area contributed by atoms with Gasteiger partial charge in [-0.2, -0.15) is 0 Å². The van der Waals surface area contributed by atoms with Crippen molar-refractivity contribution in [2.24, 2.45) is 5.92 Å². The zero-order valence-corrected chi connectivity index (χ0v) is 14.2. The molecule has 1 aromatic rings. The second kappa shape index (κ2) is 7.02. The zero-order chi connectivity index (χ0) is 16.4. The minimum absolute atomic E-state index is 0.0473. The number of ketones is 1. The molecule has 1 saturated heterocycles. The van der Waals surface area contributed by atoms with Gasteiger partial charge in [0.25, 0.3) is 0 Å². The van der Waals surface area contributed by atoms with Crippen molar-refractivity contribution in [2.45, 2.75) is 44.7 Å². The lowest BCUT2D eigenvalue weighted by molar-refractivity contribution is -0.126. The first kappa shape index (κ1) is 16.5. The smallest absolute Gasteiger partial charge is 0.237 e. The van der Waals surface area contributed by atoms with Gasteiger partial charge in [-0.15, -0.1) is 0 Å². The predicted octanol–water partition coefficient (Wildman–Crippen LogP) is 2.90. The van der Waals surface area contributed by atoms with Gasteiger partial charge in [-0.3, -0.25) is 14.5 Å². The third kappa shape index (κ3) is 4.12. The molecule has 1 saturated carbocycles. The average Bonchev–Trinajstić information content (AvgIpc) is 3.38. The molecule has 5 heteroatoms. The minimum atomic E-state index is -0.109. The maximum Gasteiger partial charge on any atom is 0.237 e. The van der Waals surface area contributed by atoms with Gasteiger partial charge in [0.1, 0.15) is 0 Å². The van der Waals surface area contributed by atoms with E-state index in [2.05, 4.69) is 10.2 Å². The lowest BCUT2D eigenvalue weighted by atomic mass is 9.88. The molecule has 2 aliphatic rings. The average molecular weight is 335 g/mol. The van der Waals surface area contributed by atoms with E-state index in [4.69, 9.17) is 11.6 Å². The summed E-state index contributed by atoms with van der Waals surface area (Å²) >= 11 is 5.87. The van der Waals surface area contributed by atoms with Crippen molar-refractivity contribution in [1.29, 1.82) is 0 Å². The molecule has 0 radical (unpaired) electrons. The summed E-state index contributed by atoms with van der Waals surface area (Å²) in [5, 5.41) is 3.70.